The Bertz CT molecular complexity index is 511. The second-order valence-corrected chi connectivity index (χ2v) is 4.03. The summed E-state index contributed by atoms with van der Waals surface area (Å²) in [6.45, 7) is 0.899. The van der Waals surface area contributed by atoms with Gasteiger partial charge in [-0.05, 0) is 11.6 Å². The fourth-order valence-electron chi connectivity index (χ4n) is 1.29. The average Bonchev–Trinajstić information content (AvgIpc) is 2.42. The lowest BCUT2D eigenvalue weighted by molar-refractivity contribution is -0.139. The first-order valence-electron chi connectivity index (χ1n) is 5.96. The molecule has 0 spiro atoms. The van der Waals surface area contributed by atoms with Crippen LogP contribution in [0.1, 0.15) is 12.5 Å². The molecular weight excluding hydrogens is 260 g/mol. The van der Waals surface area contributed by atoms with Gasteiger partial charge in [-0.3, -0.25) is 14.9 Å². The highest BCUT2D eigenvalue weighted by Gasteiger charge is 2.15. The molecule has 20 heavy (non-hydrogen) atoms. The summed E-state index contributed by atoms with van der Waals surface area (Å²) in [6.07, 6.45) is 2.83. The molecule has 6 nitrogen and oxygen atoms in total. The van der Waals surface area contributed by atoms with Gasteiger partial charge in [0.25, 0.3) is 0 Å². The van der Waals surface area contributed by atoms with Crippen molar-refractivity contribution in [1.29, 1.82) is 0 Å². The van der Waals surface area contributed by atoms with Crippen molar-refractivity contribution < 1.29 is 19.1 Å². The third-order valence-corrected chi connectivity index (χ3v) is 2.25. The van der Waals surface area contributed by atoms with Crippen LogP contribution in [-0.4, -0.2) is 30.4 Å². The van der Waals surface area contributed by atoms with Gasteiger partial charge in [-0.15, -0.1) is 0 Å². The number of rotatable bonds is 5. The number of nitrogens with two attached hydrogens (primary N) is 1. The number of carbonyl (C=O) groups excluding carboxylic acids is 3. The molecule has 0 saturated carbocycles. The van der Waals surface area contributed by atoms with Gasteiger partial charge >= 0.3 is 5.97 Å². The van der Waals surface area contributed by atoms with E-state index in [1.54, 1.807) is 6.08 Å². The lowest BCUT2D eigenvalue weighted by atomic mass is 10.2. The van der Waals surface area contributed by atoms with Crippen molar-refractivity contribution in [3.8, 4) is 0 Å². The van der Waals surface area contributed by atoms with Gasteiger partial charge in [0, 0.05) is 13.0 Å². The number of carbonyl (C=O) groups is 3. The van der Waals surface area contributed by atoms with Gasteiger partial charge in [-0.2, -0.15) is 0 Å². The molecule has 1 rings (SSSR count). The summed E-state index contributed by atoms with van der Waals surface area (Å²) in [5.74, 6) is -1.81. The Morgan fingerprint density at radius 1 is 1.30 bits per heavy atom. The summed E-state index contributed by atoms with van der Waals surface area (Å²) in [5.41, 5.74) is 6.31. The molecule has 0 radical (unpaired) electrons. The molecule has 0 aliphatic heterocycles. The molecule has 0 saturated heterocycles. The van der Waals surface area contributed by atoms with E-state index in [0.29, 0.717) is 0 Å². The molecule has 3 N–H and O–H groups in total. The quantitative estimate of drug-likeness (QED) is 0.592. The van der Waals surface area contributed by atoms with Gasteiger partial charge in [-0.25, -0.2) is 4.79 Å². The van der Waals surface area contributed by atoms with Crippen LogP contribution < -0.4 is 11.1 Å². The minimum Gasteiger partial charge on any atom is -0.460 e. The maximum atomic E-state index is 11.4. The Labute approximate surface area is 116 Å². The first kappa shape index (κ1) is 15.6. The van der Waals surface area contributed by atoms with Crippen molar-refractivity contribution in [2.75, 3.05) is 6.61 Å². The normalized spacial score (nSPS) is 11.9. The zero-order valence-electron chi connectivity index (χ0n) is 11.0. The molecule has 0 fully saturated rings. The Hall–Kier alpha value is -2.47. The van der Waals surface area contributed by atoms with Gasteiger partial charge in [0.1, 0.15) is 12.6 Å². The van der Waals surface area contributed by atoms with Gasteiger partial charge in [0.05, 0.1) is 0 Å². The number of hydrogen-bond donors (Lipinski definition) is 2. The monoisotopic (exact) mass is 276 g/mol. The highest BCUT2D eigenvalue weighted by molar-refractivity contribution is 5.96. The van der Waals surface area contributed by atoms with Crippen molar-refractivity contribution in [1.82, 2.24) is 5.32 Å². The molecular formula is C14H16N2O4. The van der Waals surface area contributed by atoms with Gasteiger partial charge < -0.3 is 10.5 Å². The van der Waals surface area contributed by atoms with E-state index in [-0.39, 0.29) is 6.61 Å². The van der Waals surface area contributed by atoms with E-state index in [9.17, 15) is 14.4 Å². The van der Waals surface area contributed by atoms with E-state index in [0.717, 1.165) is 5.56 Å². The standard InChI is InChI=1S/C14H16N2O4/c1-10(17)16-14(19)12(15)9-20-13(18)8-7-11-5-3-2-4-6-11/h2-8,12H,9,15H2,1H3,(H,16,17,19)/t12-/m0/s1. The van der Waals surface area contributed by atoms with Crippen LogP contribution >= 0.6 is 0 Å². The van der Waals surface area contributed by atoms with Crippen LogP contribution in [0.5, 0.6) is 0 Å². The molecule has 0 unspecified atom stereocenters. The summed E-state index contributed by atoms with van der Waals surface area (Å²) >= 11 is 0. The minimum absolute atomic E-state index is 0.295. The number of imide groups is 1. The molecule has 0 heterocycles. The zero-order valence-corrected chi connectivity index (χ0v) is 11.0. The van der Waals surface area contributed by atoms with E-state index in [1.165, 1.54) is 13.0 Å². The molecule has 1 aromatic carbocycles. The van der Waals surface area contributed by atoms with Gasteiger partial charge in [0.15, 0.2) is 0 Å². The van der Waals surface area contributed by atoms with Crippen molar-refractivity contribution in [2.24, 2.45) is 5.73 Å². The molecule has 106 valence electrons. The SMILES string of the molecule is CC(=O)NC(=O)[C@@H](N)COC(=O)C=Cc1ccccc1. The Balaban J connectivity index is 2.38. The lowest BCUT2D eigenvalue weighted by Gasteiger charge is -2.09. The second-order valence-electron chi connectivity index (χ2n) is 4.03. The largest absolute Gasteiger partial charge is 0.460 e. The smallest absolute Gasteiger partial charge is 0.330 e. The highest BCUT2D eigenvalue weighted by Crippen LogP contribution is 2.01. The molecule has 0 aliphatic rings. The van der Waals surface area contributed by atoms with E-state index < -0.39 is 23.8 Å². The topological polar surface area (TPSA) is 98.5 Å². The summed E-state index contributed by atoms with van der Waals surface area (Å²) in [7, 11) is 0. The van der Waals surface area contributed by atoms with E-state index >= 15 is 0 Å². The van der Waals surface area contributed by atoms with Crippen LogP contribution in [0.3, 0.4) is 0 Å². The van der Waals surface area contributed by atoms with Crippen LogP contribution in [0.25, 0.3) is 6.08 Å². The van der Waals surface area contributed by atoms with E-state index in [2.05, 4.69) is 0 Å². The maximum Gasteiger partial charge on any atom is 0.330 e. The number of benzene rings is 1. The molecule has 2 amide bonds. The number of esters is 1. The Morgan fingerprint density at radius 3 is 2.55 bits per heavy atom. The molecule has 0 aliphatic carbocycles. The fourth-order valence-corrected chi connectivity index (χ4v) is 1.29. The summed E-state index contributed by atoms with van der Waals surface area (Å²) < 4.78 is 4.81. The first-order valence-corrected chi connectivity index (χ1v) is 5.96. The Morgan fingerprint density at radius 2 is 1.95 bits per heavy atom. The molecule has 1 atom stereocenters. The molecule has 6 heteroatoms. The zero-order chi connectivity index (χ0) is 15.0. The second kappa shape index (κ2) is 7.85. The molecule has 1 aromatic rings. The summed E-state index contributed by atoms with van der Waals surface area (Å²) in [5, 5.41) is 2.01. The molecule has 0 bridgehead atoms. The van der Waals surface area contributed by atoms with Crippen LogP contribution in [-0.2, 0) is 19.1 Å². The van der Waals surface area contributed by atoms with Crippen molar-refractivity contribution in [3.63, 3.8) is 0 Å². The van der Waals surface area contributed by atoms with Crippen LogP contribution in [0, 0.1) is 0 Å². The van der Waals surface area contributed by atoms with E-state index in [4.69, 9.17) is 10.5 Å². The number of amides is 2. The first-order chi connectivity index (χ1) is 9.49. The summed E-state index contributed by atoms with van der Waals surface area (Å²) in [6, 6.07) is 8.13. The van der Waals surface area contributed by atoms with Gasteiger partial charge in [-0.1, -0.05) is 30.3 Å². The number of ether oxygens (including phenoxy) is 1. The minimum atomic E-state index is -1.08. The van der Waals surface area contributed by atoms with Crippen molar-refractivity contribution in [3.05, 3.63) is 42.0 Å². The third kappa shape index (κ3) is 5.92. The van der Waals surface area contributed by atoms with Crippen LogP contribution in [0.15, 0.2) is 36.4 Å². The average molecular weight is 276 g/mol. The fraction of sp³-hybridized carbons (Fsp3) is 0.214. The Kier molecular flexibility index (Phi) is 6.12. The van der Waals surface area contributed by atoms with Crippen molar-refractivity contribution >= 4 is 23.9 Å². The highest BCUT2D eigenvalue weighted by atomic mass is 16.5. The predicted octanol–water partition coefficient (Wildman–Crippen LogP) is 0.233. The lowest BCUT2D eigenvalue weighted by Crippen LogP contribution is -2.45. The maximum absolute atomic E-state index is 11.4. The van der Waals surface area contributed by atoms with Crippen LogP contribution in [0.2, 0.25) is 0 Å². The molecule has 0 aromatic heterocycles. The van der Waals surface area contributed by atoms with Crippen molar-refractivity contribution in [2.45, 2.75) is 13.0 Å². The van der Waals surface area contributed by atoms with Gasteiger partial charge in [0.2, 0.25) is 11.8 Å². The number of hydrogen-bond acceptors (Lipinski definition) is 5. The summed E-state index contributed by atoms with van der Waals surface area (Å²) in [4.78, 5) is 33.3. The number of nitrogens with one attached hydrogen (secondary N) is 1. The third-order valence-electron chi connectivity index (χ3n) is 2.25. The van der Waals surface area contributed by atoms with E-state index in [1.807, 2.05) is 35.6 Å². The predicted molar refractivity (Wildman–Crippen MR) is 73.2 cm³/mol. The van der Waals surface area contributed by atoms with Crippen LogP contribution in [0.4, 0.5) is 0 Å².